The molecule has 0 bridgehead atoms. The predicted molar refractivity (Wildman–Crippen MR) is 118 cm³/mol. The van der Waals surface area contributed by atoms with Gasteiger partial charge in [-0.25, -0.2) is 5.01 Å². The van der Waals surface area contributed by atoms with E-state index in [1.54, 1.807) is 7.05 Å². The maximum absolute atomic E-state index is 12.3. The van der Waals surface area contributed by atoms with Crippen LogP contribution in [0.1, 0.15) is 20.7 Å². The van der Waals surface area contributed by atoms with E-state index in [1.165, 1.54) is 48.3 Å². The maximum Gasteiger partial charge on any atom is 0.293 e. The van der Waals surface area contributed by atoms with E-state index < -0.39 is 28.7 Å². The quantitative estimate of drug-likeness (QED) is 0.140. The third kappa shape index (κ3) is 7.46. The van der Waals surface area contributed by atoms with Crippen LogP contribution < -0.4 is 32.3 Å². The molecule has 0 aromatic carbocycles. The monoisotopic (exact) mass is 505 g/mol. The molecule has 2 heterocycles. The van der Waals surface area contributed by atoms with E-state index in [0.29, 0.717) is 0 Å². The van der Waals surface area contributed by atoms with E-state index in [2.05, 4.69) is 10.6 Å². The predicted octanol–water partition coefficient (Wildman–Crippen LogP) is -1.42. The van der Waals surface area contributed by atoms with Gasteiger partial charge in [-0.3, -0.25) is 25.0 Å². The summed E-state index contributed by atoms with van der Waals surface area (Å²) in [7, 11) is 4.33. The third-order valence-corrected chi connectivity index (χ3v) is 4.53. The van der Waals surface area contributed by atoms with Crippen LogP contribution in [0.4, 0.5) is 0 Å². The number of rotatable bonds is 9. The molecule has 2 amide bonds. The number of aryl methyl sites for hydroxylation is 2. The van der Waals surface area contributed by atoms with Crippen LogP contribution in [0, 0.1) is 7.43 Å². The number of hydrogen-bond donors (Lipinski definition) is 4. The second kappa shape index (κ2) is 13.4. The summed E-state index contributed by atoms with van der Waals surface area (Å²) in [5.74, 6) is 4.10. The molecular weight excluding hydrogens is 476 g/mol. The summed E-state index contributed by atoms with van der Waals surface area (Å²) in [5.41, 5.74) is -1.09. The molecule has 13 heteroatoms. The Labute approximate surface area is 201 Å². The fourth-order valence-electron chi connectivity index (χ4n) is 2.71. The number of nitrogens with one attached hydrogen (secondary N) is 2. The molecule has 0 spiro atoms. The number of nitrogens with two attached hydrogens (primary N) is 1. The molecule has 2 aromatic rings. The molecule has 184 valence electrons. The van der Waals surface area contributed by atoms with Crippen LogP contribution in [0.15, 0.2) is 34.1 Å². The van der Waals surface area contributed by atoms with Crippen molar-refractivity contribution >= 4 is 11.8 Å². The number of ether oxygens (including phenoxy) is 1. The molecule has 0 saturated heterocycles. The summed E-state index contributed by atoms with van der Waals surface area (Å²) in [4.78, 5) is 48.1. The van der Waals surface area contributed by atoms with E-state index in [0.717, 1.165) is 4.57 Å². The Bertz CT molecular complexity index is 1080. The Hall–Kier alpha value is -3.12. The van der Waals surface area contributed by atoms with Gasteiger partial charge in [0, 0.05) is 69.7 Å². The normalized spacial score (nSPS) is 10.1. The molecule has 0 fully saturated rings. The standard InChI is InChI=1S/C19H26N6O6.CH3.Fe/c1-23-8-4-12(14(26)18(23)29)16(27)21-6-10-25(20)11-7-22-17(28)13-5-9-24(2)19(30)15(13)31-3;;/h4-5,8-9,26H,6-7,10-11,20H2,1-3H3,(H,21,27)(H,22,28);1H3;/q;-1;. The van der Waals surface area contributed by atoms with Crippen LogP contribution in [0.25, 0.3) is 0 Å². The fourth-order valence-corrected chi connectivity index (χ4v) is 2.71. The molecule has 0 aliphatic heterocycles. The Morgan fingerprint density at radius 2 is 1.45 bits per heavy atom. The second-order valence-corrected chi connectivity index (χ2v) is 6.72. The van der Waals surface area contributed by atoms with Gasteiger partial charge in [-0.15, -0.1) is 0 Å². The van der Waals surface area contributed by atoms with Crippen LogP contribution >= 0.6 is 0 Å². The number of amides is 2. The molecule has 0 unspecified atom stereocenters. The molecule has 0 saturated carbocycles. The molecule has 0 aliphatic rings. The van der Waals surface area contributed by atoms with Gasteiger partial charge in [0.05, 0.1) is 18.2 Å². The number of hydrazine groups is 1. The van der Waals surface area contributed by atoms with Gasteiger partial charge in [-0.1, -0.05) is 0 Å². The first kappa shape index (κ1) is 29.9. The fraction of sp³-hybridized carbons (Fsp3) is 0.350. The van der Waals surface area contributed by atoms with Crippen molar-refractivity contribution in [3.63, 3.8) is 0 Å². The smallest absolute Gasteiger partial charge is 0.293 e. The van der Waals surface area contributed by atoms with Gasteiger partial charge in [0.15, 0.2) is 11.5 Å². The first-order valence-electron chi connectivity index (χ1n) is 9.35. The van der Waals surface area contributed by atoms with Gasteiger partial charge in [0.2, 0.25) is 0 Å². The van der Waals surface area contributed by atoms with Crippen molar-refractivity contribution in [1.29, 1.82) is 0 Å². The summed E-state index contributed by atoms with van der Waals surface area (Å²) < 4.78 is 7.49. The summed E-state index contributed by atoms with van der Waals surface area (Å²) in [6.07, 6.45) is 2.85. The Balaban J connectivity index is 0.00000512. The molecule has 0 aliphatic carbocycles. The molecule has 12 nitrogen and oxygen atoms in total. The molecule has 0 radical (unpaired) electrons. The summed E-state index contributed by atoms with van der Waals surface area (Å²) in [5, 5.41) is 16.4. The van der Waals surface area contributed by atoms with Crippen LogP contribution in [0.5, 0.6) is 11.5 Å². The van der Waals surface area contributed by atoms with E-state index >= 15 is 0 Å². The van der Waals surface area contributed by atoms with Crippen LogP contribution in [-0.2, 0) is 31.2 Å². The molecule has 5 N–H and O–H groups in total. The van der Waals surface area contributed by atoms with Crippen molar-refractivity contribution in [3.05, 3.63) is 63.8 Å². The number of nitrogens with zero attached hydrogens (tertiary/aromatic N) is 3. The minimum absolute atomic E-state index is 0. The zero-order valence-electron chi connectivity index (χ0n) is 18.9. The van der Waals surface area contributed by atoms with Gasteiger partial charge in [0.25, 0.3) is 22.9 Å². The van der Waals surface area contributed by atoms with Crippen molar-refractivity contribution in [2.24, 2.45) is 19.9 Å². The molecule has 33 heavy (non-hydrogen) atoms. The first-order valence-corrected chi connectivity index (χ1v) is 9.35. The molecule has 0 atom stereocenters. The topological polar surface area (TPSA) is 161 Å². The zero-order valence-corrected chi connectivity index (χ0v) is 20.0. The number of carbonyl (C=O) groups is 2. The Kier molecular flexibility index (Phi) is 12.2. The van der Waals surface area contributed by atoms with E-state index in [9.17, 15) is 24.3 Å². The van der Waals surface area contributed by atoms with Crippen LogP contribution in [-0.4, -0.2) is 64.4 Å². The third-order valence-electron chi connectivity index (χ3n) is 4.53. The number of pyridine rings is 2. The van der Waals surface area contributed by atoms with Gasteiger partial charge >= 0.3 is 0 Å². The largest absolute Gasteiger partial charge is 0.502 e. The SMILES string of the molecule is COc1c(C(=O)NCCN(N)CCNC(=O)c2ccn(C)c(=O)c2O)ccn(C)c1=O.[CH3-].[Fe]. The zero-order chi connectivity index (χ0) is 23.1. The number of methoxy groups -OCH3 is 1. The van der Waals surface area contributed by atoms with E-state index in [4.69, 9.17) is 10.6 Å². The van der Waals surface area contributed by atoms with Crippen molar-refractivity contribution in [3.8, 4) is 11.5 Å². The van der Waals surface area contributed by atoms with Gasteiger partial charge < -0.3 is 37.0 Å². The number of aromatic hydroxyl groups is 1. The number of aromatic nitrogens is 2. The summed E-state index contributed by atoms with van der Waals surface area (Å²) >= 11 is 0. The van der Waals surface area contributed by atoms with Crippen molar-refractivity contribution < 1.29 is 36.5 Å². The average Bonchev–Trinajstić information content (AvgIpc) is 2.73. The van der Waals surface area contributed by atoms with Crippen molar-refractivity contribution in [2.45, 2.75) is 0 Å². The van der Waals surface area contributed by atoms with Crippen LogP contribution in [0.2, 0.25) is 0 Å². The van der Waals surface area contributed by atoms with E-state index in [-0.39, 0.29) is 67.6 Å². The molecular formula is C20H29FeN6O6-. The summed E-state index contributed by atoms with van der Waals surface area (Å²) in [6, 6.07) is 2.82. The van der Waals surface area contributed by atoms with Crippen LogP contribution in [0.3, 0.4) is 0 Å². The minimum atomic E-state index is -0.670. The maximum atomic E-state index is 12.3. The van der Waals surface area contributed by atoms with Crippen molar-refractivity contribution in [2.75, 3.05) is 33.3 Å². The van der Waals surface area contributed by atoms with Crippen molar-refractivity contribution in [1.82, 2.24) is 24.8 Å². The molecule has 2 rings (SSSR count). The minimum Gasteiger partial charge on any atom is -0.502 e. The second-order valence-electron chi connectivity index (χ2n) is 6.72. The van der Waals surface area contributed by atoms with E-state index in [1.807, 2.05) is 0 Å². The van der Waals surface area contributed by atoms with Gasteiger partial charge in [0.1, 0.15) is 0 Å². The number of carbonyl (C=O) groups excluding carboxylic acids is 2. The van der Waals surface area contributed by atoms with Gasteiger partial charge in [-0.2, -0.15) is 0 Å². The summed E-state index contributed by atoms with van der Waals surface area (Å²) in [6.45, 7) is 0.867. The average molecular weight is 505 g/mol. The molecule has 2 aromatic heterocycles. The van der Waals surface area contributed by atoms with Gasteiger partial charge in [-0.05, 0) is 12.1 Å². The Morgan fingerprint density at radius 3 is 1.97 bits per heavy atom. The first-order chi connectivity index (χ1) is 14.7. The number of hydrogen-bond acceptors (Lipinski definition) is 8. The Morgan fingerprint density at radius 1 is 1.00 bits per heavy atom.